The van der Waals surface area contributed by atoms with Crippen LogP contribution in [0.2, 0.25) is 0 Å². The summed E-state index contributed by atoms with van der Waals surface area (Å²) in [5.41, 5.74) is 1.58. The van der Waals surface area contributed by atoms with Crippen LogP contribution in [0.5, 0.6) is 5.75 Å². The molecule has 1 unspecified atom stereocenters. The van der Waals surface area contributed by atoms with Crippen LogP contribution in [0.15, 0.2) is 30.5 Å². The molecular weight excluding hydrogens is 325 g/mol. The van der Waals surface area contributed by atoms with Crippen LogP contribution >= 0.6 is 0 Å². The lowest BCUT2D eigenvalue weighted by atomic mass is 10.1. The number of rotatable bonds is 5. The van der Waals surface area contributed by atoms with E-state index < -0.39 is 6.10 Å². The molecule has 1 aromatic heterocycles. The minimum absolute atomic E-state index is 0.279. The summed E-state index contributed by atoms with van der Waals surface area (Å²) < 4.78 is 25.8. The molecule has 6 nitrogen and oxygen atoms in total. The zero-order valence-corrected chi connectivity index (χ0v) is 14.4. The maximum Gasteiger partial charge on any atom is 0.265 e. The van der Waals surface area contributed by atoms with Gasteiger partial charge in [-0.3, -0.25) is 9.48 Å². The van der Waals surface area contributed by atoms with Crippen molar-refractivity contribution in [2.24, 2.45) is 0 Å². The van der Waals surface area contributed by atoms with Gasteiger partial charge in [-0.25, -0.2) is 4.39 Å². The number of nitrogens with zero attached hydrogens (tertiary/aromatic N) is 2. The molecule has 2 aromatic rings. The van der Waals surface area contributed by atoms with Crippen LogP contribution in [0.1, 0.15) is 31.5 Å². The number of carbonyl (C=O) groups is 1. The van der Waals surface area contributed by atoms with Crippen LogP contribution in [0.3, 0.4) is 0 Å². The van der Waals surface area contributed by atoms with Gasteiger partial charge in [0, 0.05) is 13.2 Å². The van der Waals surface area contributed by atoms with Crippen molar-refractivity contribution in [1.82, 2.24) is 9.78 Å². The highest BCUT2D eigenvalue weighted by Gasteiger charge is 2.21. The van der Waals surface area contributed by atoms with Crippen LogP contribution in [-0.4, -0.2) is 35.0 Å². The first kappa shape index (κ1) is 17.4. The van der Waals surface area contributed by atoms with Crippen LogP contribution in [0, 0.1) is 12.7 Å². The summed E-state index contributed by atoms with van der Waals surface area (Å²) in [6.07, 6.45) is 2.78. The minimum atomic E-state index is -0.712. The maximum absolute atomic E-state index is 12.9. The standard InChI is InChI=1S/C18H22FN3O3/c1-12-17(11-20-22(12)15-7-9-24-10-8-15)21-18(23)13(2)25-16-5-3-14(19)4-6-16/h3-6,11,13,15H,7-10H2,1-2H3,(H,21,23). The van der Waals surface area contributed by atoms with E-state index in [0.717, 1.165) is 31.7 Å². The van der Waals surface area contributed by atoms with Gasteiger partial charge in [0.2, 0.25) is 0 Å². The predicted molar refractivity (Wildman–Crippen MR) is 91.2 cm³/mol. The summed E-state index contributed by atoms with van der Waals surface area (Å²) in [6.45, 7) is 5.04. The van der Waals surface area contributed by atoms with Crippen molar-refractivity contribution >= 4 is 11.6 Å². The Morgan fingerprint density at radius 1 is 1.36 bits per heavy atom. The first-order valence-corrected chi connectivity index (χ1v) is 8.39. The fourth-order valence-electron chi connectivity index (χ4n) is 2.85. The number of amides is 1. The van der Waals surface area contributed by atoms with Crippen LogP contribution in [0.4, 0.5) is 10.1 Å². The van der Waals surface area contributed by atoms with Crippen LogP contribution < -0.4 is 10.1 Å². The molecule has 1 saturated heterocycles. The molecule has 0 spiro atoms. The van der Waals surface area contributed by atoms with Crippen molar-refractivity contribution < 1.29 is 18.7 Å². The molecule has 1 atom stereocenters. The van der Waals surface area contributed by atoms with E-state index in [0.29, 0.717) is 17.5 Å². The predicted octanol–water partition coefficient (Wildman–Crippen LogP) is 3.09. The molecule has 1 N–H and O–H groups in total. The topological polar surface area (TPSA) is 65.4 Å². The Balaban J connectivity index is 1.62. The van der Waals surface area contributed by atoms with E-state index in [2.05, 4.69) is 10.4 Å². The molecule has 7 heteroatoms. The number of benzene rings is 1. The number of carbonyl (C=O) groups excluding carboxylic acids is 1. The highest BCUT2D eigenvalue weighted by Crippen LogP contribution is 2.25. The van der Waals surface area contributed by atoms with Gasteiger partial charge < -0.3 is 14.8 Å². The second kappa shape index (κ2) is 7.65. The van der Waals surface area contributed by atoms with E-state index in [9.17, 15) is 9.18 Å². The summed E-state index contributed by atoms with van der Waals surface area (Å²) in [6, 6.07) is 5.87. The number of aromatic nitrogens is 2. The lowest BCUT2D eigenvalue weighted by molar-refractivity contribution is -0.122. The van der Waals surface area contributed by atoms with Gasteiger partial charge in [0.05, 0.1) is 23.6 Å². The number of halogens is 1. The zero-order chi connectivity index (χ0) is 17.8. The summed E-state index contributed by atoms with van der Waals surface area (Å²) in [5, 5.41) is 7.26. The Morgan fingerprint density at radius 2 is 2.04 bits per heavy atom. The highest BCUT2D eigenvalue weighted by molar-refractivity contribution is 5.94. The van der Waals surface area contributed by atoms with Crippen molar-refractivity contribution in [2.45, 2.75) is 38.8 Å². The van der Waals surface area contributed by atoms with E-state index >= 15 is 0 Å². The number of anilines is 1. The SMILES string of the molecule is Cc1c(NC(=O)C(C)Oc2ccc(F)cc2)cnn1C1CCOCC1. The van der Waals surface area contributed by atoms with E-state index in [4.69, 9.17) is 9.47 Å². The lowest BCUT2D eigenvalue weighted by Gasteiger charge is -2.23. The number of hydrogen-bond donors (Lipinski definition) is 1. The second-order valence-corrected chi connectivity index (χ2v) is 6.14. The van der Waals surface area contributed by atoms with E-state index in [1.807, 2.05) is 11.6 Å². The van der Waals surface area contributed by atoms with Gasteiger partial charge in [0.1, 0.15) is 11.6 Å². The molecule has 1 aromatic carbocycles. The molecular formula is C18H22FN3O3. The van der Waals surface area contributed by atoms with Crippen molar-refractivity contribution in [1.29, 1.82) is 0 Å². The van der Waals surface area contributed by atoms with Crippen molar-refractivity contribution in [2.75, 3.05) is 18.5 Å². The Bertz CT molecular complexity index is 724. The van der Waals surface area contributed by atoms with Crippen LogP contribution in [-0.2, 0) is 9.53 Å². The van der Waals surface area contributed by atoms with Crippen molar-refractivity contribution in [3.63, 3.8) is 0 Å². The van der Waals surface area contributed by atoms with Gasteiger partial charge in [0.15, 0.2) is 6.10 Å². The smallest absolute Gasteiger partial charge is 0.265 e. The molecule has 1 amide bonds. The zero-order valence-electron chi connectivity index (χ0n) is 14.4. The lowest BCUT2D eigenvalue weighted by Crippen LogP contribution is -2.30. The van der Waals surface area contributed by atoms with Gasteiger partial charge in [-0.2, -0.15) is 5.10 Å². The van der Waals surface area contributed by atoms with Crippen molar-refractivity contribution in [3.05, 3.63) is 42.0 Å². The highest BCUT2D eigenvalue weighted by atomic mass is 19.1. The minimum Gasteiger partial charge on any atom is -0.481 e. The van der Waals surface area contributed by atoms with E-state index in [1.165, 1.54) is 24.3 Å². The molecule has 25 heavy (non-hydrogen) atoms. The third kappa shape index (κ3) is 4.17. The maximum atomic E-state index is 12.9. The largest absolute Gasteiger partial charge is 0.481 e. The van der Waals surface area contributed by atoms with Gasteiger partial charge in [0.25, 0.3) is 5.91 Å². The average molecular weight is 347 g/mol. The summed E-state index contributed by atoms with van der Waals surface area (Å²) in [7, 11) is 0. The molecule has 0 aliphatic carbocycles. The number of nitrogens with one attached hydrogen (secondary N) is 1. The van der Waals surface area contributed by atoms with Gasteiger partial charge >= 0.3 is 0 Å². The fourth-order valence-corrected chi connectivity index (χ4v) is 2.85. The molecule has 134 valence electrons. The van der Waals surface area contributed by atoms with Gasteiger partial charge in [-0.15, -0.1) is 0 Å². The van der Waals surface area contributed by atoms with Crippen LogP contribution in [0.25, 0.3) is 0 Å². The summed E-state index contributed by atoms with van der Waals surface area (Å²) in [5.74, 6) is -0.182. The fraction of sp³-hybridized carbons (Fsp3) is 0.444. The molecule has 0 saturated carbocycles. The van der Waals surface area contributed by atoms with Gasteiger partial charge in [-0.1, -0.05) is 0 Å². The third-order valence-electron chi connectivity index (χ3n) is 4.33. The molecule has 2 heterocycles. The second-order valence-electron chi connectivity index (χ2n) is 6.14. The molecule has 1 aliphatic rings. The first-order valence-electron chi connectivity index (χ1n) is 8.39. The quantitative estimate of drug-likeness (QED) is 0.903. The summed E-state index contributed by atoms with van der Waals surface area (Å²) in [4.78, 5) is 12.4. The number of ether oxygens (including phenoxy) is 2. The molecule has 1 aliphatic heterocycles. The first-order chi connectivity index (χ1) is 12.0. The Hall–Kier alpha value is -2.41. The molecule has 0 bridgehead atoms. The summed E-state index contributed by atoms with van der Waals surface area (Å²) >= 11 is 0. The molecule has 0 radical (unpaired) electrons. The Kier molecular flexibility index (Phi) is 5.33. The Labute approximate surface area is 145 Å². The van der Waals surface area contributed by atoms with Crippen molar-refractivity contribution in [3.8, 4) is 5.75 Å². The number of hydrogen-bond acceptors (Lipinski definition) is 4. The van der Waals surface area contributed by atoms with E-state index in [1.54, 1.807) is 13.1 Å². The monoisotopic (exact) mass is 347 g/mol. The molecule has 1 fully saturated rings. The Morgan fingerprint density at radius 3 is 2.72 bits per heavy atom. The third-order valence-corrected chi connectivity index (χ3v) is 4.33. The average Bonchev–Trinajstić information content (AvgIpc) is 2.98. The van der Waals surface area contributed by atoms with Gasteiger partial charge in [-0.05, 0) is 51.0 Å². The van der Waals surface area contributed by atoms with E-state index in [-0.39, 0.29) is 11.7 Å². The normalized spacial score (nSPS) is 16.4. The molecule has 3 rings (SSSR count).